The number of hydrogen-bond acceptors (Lipinski definition) is 4. The van der Waals surface area contributed by atoms with Crippen molar-refractivity contribution < 1.29 is 19.0 Å². The second kappa shape index (κ2) is 9.39. The largest absolute Gasteiger partial charge is 0.496 e. The van der Waals surface area contributed by atoms with E-state index in [0.29, 0.717) is 12.1 Å². The fourth-order valence-electron chi connectivity index (χ4n) is 4.48. The van der Waals surface area contributed by atoms with Crippen LogP contribution in [0.15, 0.2) is 42.5 Å². The van der Waals surface area contributed by atoms with E-state index in [1.807, 2.05) is 49.4 Å². The van der Waals surface area contributed by atoms with Gasteiger partial charge in [0.15, 0.2) is 11.5 Å². The van der Waals surface area contributed by atoms with E-state index in [1.54, 1.807) is 7.11 Å². The van der Waals surface area contributed by atoms with Crippen LogP contribution in [0, 0.1) is 6.92 Å². The van der Waals surface area contributed by atoms with Gasteiger partial charge in [-0.1, -0.05) is 44.0 Å². The van der Waals surface area contributed by atoms with Crippen LogP contribution in [0.2, 0.25) is 0 Å². The van der Waals surface area contributed by atoms with E-state index in [2.05, 4.69) is 11.5 Å². The highest BCUT2D eigenvalue weighted by Crippen LogP contribution is 2.40. The molecule has 1 aromatic heterocycles. The standard InChI is InChI=1S/C26H30N2O4/c1-4-5-6-10-20-25(19-9-7-8-11-21(19)30-3)24(26(27)29)17(2)28(20)15-18-12-13-22-23(14-18)32-16-31-22/h7-9,11-14H,4-6,10,15-16H2,1-3H3,(H2,27,29). The van der Waals surface area contributed by atoms with Crippen molar-refractivity contribution in [1.82, 2.24) is 4.57 Å². The van der Waals surface area contributed by atoms with Gasteiger partial charge in [-0.05, 0) is 43.5 Å². The van der Waals surface area contributed by atoms with Crippen molar-refractivity contribution in [2.75, 3.05) is 13.9 Å². The molecule has 0 radical (unpaired) electrons. The number of rotatable bonds is 9. The molecule has 0 unspecified atom stereocenters. The third-order valence-electron chi connectivity index (χ3n) is 6.05. The Labute approximate surface area is 188 Å². The van der Waals surface area contributed by atoms with Crippen molar-refractivity contribution in [3.63, 3.8) is 0 Å². The summed E-state index contributed by atoms with van der Waals surface area (Å²) in [6.07, 6.45) is 4.11. The third-order valence-corrected chi connectivity index (χ3v) is 6.05. The molecule has 2 aromatic carbocycles. The lowest BCUT2D eigenvalue weighted by Crippen LogP contribution is -2.13. The van der Waals surface area contributed by atoms with E-state index in [0.717, 1.165) is 71.0 Å². The zero-order chi connectivity index (χ0) is 22.7. The molecule has 0 spiro atoms. The van der Waals surface area contributed by atoms with Gasteiger partial charge in [-0.15, -0.1) is 0 Å². The first-order chi connectivity index (χ1) is 15.5. The van der Waals surface area contributed by atoms with E-state index in [1.165, 1.54) is 0 Å². The first-order valence-corrected chi connectivity index (χ1v) is 11.1. The molecule has 6 nitrogen and oxygen atoms in total. The Bertz CT molecular complexity index is 1130. The Hall–Kier alpha value is -3.41. The van der Waals surface area contributed by atoms with Crippen LogP contribution in [-0.2, 0) is 13.0 Å². The first-order valence-electron chi connectivity index (χ1n) is 11.1. The van der Waals surface area contributed by atoms with Crippen molar-refractivity contribution in [1.29, 1.82) is 0 Å². The number of carbonyl (C=O) groups excluding carboxylic acids is 1. The van der Waals surface area contributed by atoms with Crippen LogP contribution in [0.4, 0.5) is 0 Å². The summed E-state index contributed by atoms with van der Waals surface area (Å²) in [4.78, 5) is 12.6. The number of nitrogens with zero attached hydrogens (tertiary/aromatic N) is 1. The number of nitrogens with two attached hydrogens (primary N) is 1. The number of unbranched alkanes of at least 4 members (excludes halogenated alkanes) is 2. The van der Waals surface area contributed by atoms with Gasteiger partial charge in [-0.25, -0.2) is 0 Å². The number of benzene rings is 2. The van der Waals surface area contributed by atoms with Crippen LogP contribution in [0.25, 0.3) is 11.1 Å². The van der Waals surface area contributed by atoms with E-state index in [4.69, 9.17) is 19.9 Å². The number of amides is 1. The van der Waals surface area contributed by atoms with Crippen LogP contribution in [0.1, 0.15) is 53.5 Å². The highest BCUT2D eigenvalue weighted by molar-refractivity contribution is 6.03. The van der Waals surface area contributed by atoms with Gasteiger partial charge in [0.25, 0.3) is 5.91 Å². The second-order valence-electron chi connectivity index (χ2n) is 8.08. The van der Waals surface area contributed by atoms with Gasteiger partial charge in [0.1, 0.15) is 5.75 Å². The van der Waals surface area contributed by atoms with Crippen molar-refractivity contribution in [3.05, 3.63) is 65.0 Å². The molecule has 1 aliphatic rings. The molecule has 1 amide bonds. The summed E-state index contributed by atoms with van der Waals surface area (Å²) < 4.78 is 18.9. The first kappa shape index (κ1) is 21.8. The Morgan fingerprint density at radius 1 is 1.12 bits per heavy atom. The highest BCUT2D eigenvalue weighted by Gasteiger charge is 2.26. The molecule has 2 N–H and O–H groups in total. The molecule has 0 saturated carbocycles. The lowest BCUT2D eigenvalue weighted by molar-refractivity contribution is 0.1000. The number of para-hydroxylation sites is 1. The van der Waals surface area contributed by atoms with Gasteiger partial charge < -0.3 is 24.5 Å². The Kier molecular flexibility index (Phi) is 6.40. The van der Waals surface area contributed by atoms with Crippen molar-refractivity contribution >= 4 is 5.91 Å². The number of carbonyl (C=O) groups is 1. The molecule has 1 aliphatic heterocycles. The molecule has 6 heteroatoms. The van der Waals surface area contributed by atoms with Gasteiger partial charge in [-0.3, -0.25) is 4.79 Å². The minimum atomic E-state index is -0.426. The topological polar surface area (TPSA) is 75.7 Å². The lowest BCUT2D eigenvalue weighted by atomic mass is 9.96. The molecule has 0 bridgehead atoms. The second-order valence-corrected chi connectivity index (χ2v) is 8.08. The monoisotopic (exact) mass is 434 g/mol. The Balaban J connectivity index is 1.87. The normalized spacial score (nSPS) is 12.2. The molecule has 0 fully saturated rings. The molecule has 32 heavy (non-hydrogen) atoms. The van der Waals surface area contributed by atoms with E-state index >= 15 is 0 Å². The van der Waals surface area contributed by atoms with Crippen LogP contribution in [-0.4, -0.2) is 24.4 Å². The zero-order valence-corrected chi connectivity index (χ0v) is 18.9. The maximum absolute atomic E-state index is 12.6. The maximum atomic E-state index is 12.6. The molecule has 0 aliphatic carbocycles. The average molecular weight is 435 g/mol. The number of aromatic nitrogens is 1. The molecule has 0 saturated heterocycles. The number of ether oxygens (including phenoxy) is 3. The summed E-state index contributed by atoms with van der Waals surface area (Å²) in [7, 11) is 1.65. The minimum absolute atomic E-state index is 0.243. The predicted octanol–water partition coefficient (Wildman–Crippen LogP) is 5.08. The average Bonchev–Trinajstić information content (AvgIpc) is 3.36. The van der Waals surface area contributed by atoms with E-state index in [9.17, 15) is 4.79 Å². The van der Waals surface area contributed by atoms with Crippen molar-refractivity contribution in [2.24, 2.45) is 5.73 Å². The zero-order valence-electron chi connectivity index (χ0n) is 18.9. The molecule has 168 valence electrons. The molecular weight excluding hydrogens is 404 g/mol. The van der Waals surface area contributed by atoms with Crippen molar-refractivity contribution in [2.45, 2.75) is 46.1 Å². The van der Waals surface area contributed by atoms with Gasteiger partial charge in [0.2, 0.25) is 6.79 Å². The predicted molar refractivity (Wildman–Crippen MR) is 125 cm³/mol. The minimum Gasteiger partial charge on any atom is -0.496 e. The van der Waals surface area contributed by atoms with Crippen LogP contribution >= 0.6 is 0 Å². The number of fused-ring (bicyclic) bond motifs is 1. The summed E-state index contributed by atoms with van der Waals surface area (Å²) >= 11 is 0. The van der Waals surface area contributed by atoms with E-state index < -0.39 is 5.91 Å². The third kappa shape index (κ3) is 4.05. The van der Waals surface area contributed by atoms with Gasteiger partial charge in [0, 0.05) is 29.1 Å². The van der Waals surface area contributed by atoms with Crippen LogP contribution in [0.3, 0.4) is 0 Å². The summed E-state index contributed by atoms with van der Waals surface area (Å²) in [5, 5.41) is 0. The van der Waals surface area contributed by atoms with Crippen LogP contribution < -0.4 is 19.9 Å². The SMILES string of the molecule is CCCCCc1c(-c2ccccc2OC)c(C(N)=O)c(C)n1Cc1ccc2c(c1)OCO2. The summed E-state index contributed by atoms with van der Waals surface area (Å²) in [6.45, 7) is 5.01. The molecule has 0 atom stereocenters. The van der Waals surface area contributed by atoms with E-state index in [-0.39, 0.29) is 6.79 Å². The fraction of sp³-hybridized carbons (Fsp3) is 0.346. The molecular formula is C26H30N2O4. The Morgan fingerprint density at radius 3 is 2.66 bits per heavy atom. The summed E-state index contributed by atoms with van der Waals surface area (Å²) in [5.74, 6) is 1.81. The van der Waals surface area contributed by atoms with Crippen LogP contribution in [0.5, 0.6) is 17.2 Å². The molecule has 4 rings (SSSR count). The number of primary amides is 1. The summed E-state index contributed by atoms with van der Waals surface area (Å²) in [5.41, 5.74) is 11.3. The van der Waals surface area contributed by atoms with Gasteiger partial charge in [0.05, 0.1) is 12.7 Å². The lowest BCUT2D eigenvalue weighted by Gasteiger charge is -2.15. The smallest absolute Gasteiger partial charge is 0.251 e. The molecule has 3 aromatic rings. The highest BCUT2D eigenvalue weighted by atomic mass is 16.7. The van der Waals surface area contributed by atoms with Crippen molar-refractivity contribution in [3.8, 4) is 28.4 Å². The Morgan fingerprint density at radius 2 is 1.91 bits per heavy atom. The number of methoxy groups -OCH3 is 1. The molecule has 2 heterocycles. The number of hydrogen-bond donors (Lipinski definition) is 1. The summed E-state index contributed by atoms with van der Waals surface area (Å²) in [6, 6.07) is 13.8. The quantitative estimate of drug-likeness (QED) is 0.477. The van der Waals surface area contributed by atoms with Gasteiger partial charge >= 0.3 is 0 Å². The van der Waals surface area contributed by atoms with Gasteiger partial charge in [-0.2, -0.15) is 0 Å². The fourth-order valence-corrected chi connectivity index (χ4v) is 4.48. The maximum Gasteiger partial charge on any atom is 0.251 e.